The molecule has 8 nitrogen and oxygen atoms in total. The van der Waals surface area contributed by atoms with Crippen LogP contribution in [0.5, 0.6) is 0 Å². The van der Waals surface area contributed by atoms with Crippen LogP contribution in [-0.4, -0.2) is 41.4 Å². The van der Waals surface area contributed by atoms with Gasteiger partial charge in [0.25, 0.3) is 5.91 Å². The molecule has 1 aromatic carbocycles. The van der Waals surface area contributed by atoms with E-state index in [4.69, 9.17) is 5.73 Å². The number of nitrogen functional groups attached to an aromatic ring is 1. The van der Waals surface area contributed by atoms with Gasteiger partial charge in [0.15, 0.2) is 11.5 Å². The average Bonchev–Trinajstić information content (AvgIpc) is 3.36. The third kappa shape index (κ3) is 3.67. The molecule has 1 saturated carbocycles. The first-order valence-electron chi connectivity index (χ1n) is 11.3. The van der Waals surface area contributed by atoms with E-state index in [1.54, 1.807) is 18.3 Å². The average molecular weight is 509 g/mol. The largest absolute Gasteiger partial charge is 0.411 e. The van der Waals surface area contributed by atoms with Gasteiger partial charge < -0.3 is 15.5 Å². The number of benzene rings is 1. The Hall–Kier alpha value is -4.48. The third-order valence-corrected chi connectivity index (χ3v) is 6.59. The van der Waals surface area contributed by atoms with Crippen molar-refractivity contribution in [3.05, 3.63) is 72.2 Å². The highest BCUT2D eigenvalue weighted by molar-refractivity contribution is 5.95. The van der Waals surface area contributed by atoms with Gasteiger partial charge in [-0.1, -0.05) is 0 Å². The molecule has 0 bridgehead atoms. The van der Waals surface area contributed by atoms with Crippen LogP contribution in [0.25, 0.3) is 33.8 Å². The van der Waals surface area contributed by atoms with Crippen LogP contribution in [0.3, 0.4) is 0 Å². The number of aryl methyl sites for hydroxylation is 1. The lowest BCUT2D eigenvalue weighted by Crippen LogP contribution is -2.47. The summed E-state index contributed by atoms with van der Waals surface area (Å²) in [5, 5.41) is 2.09. The van der Waals surface area contributed by atoms with Gasteiger partial charge in [-0.3, -0.25) is 9.20 Å². The number of alkyl halides is 3. The molecule has 6 rings (SSSR count). The van der Waals surface area contributed by atoms with Crippen molar-refractivity contribution < 1.29 is 22.4 Å². The van der Waals surface area contributed by atoms with E-state index >= 15 is 0 Å². The van der Waals surface area contributed by atoms with E-state index in [0.29, 0.717) is 28.2 Å². The molecule has 1 aliphatic carbocycles. The zero-order valence-electron chi connectivity index (χ0n) is 19.3. The van der Waals surface area contributed by atoms with Crippen LogP contribution in [0.4, 0.5) is 23.4 Å². The number of anilines is 1. The lowest BCUT2D eigenvalue weighted by Gasteiger charge is -2.19. The molecule has 4 aromatic heterocycles. The van der Waals surface area contributed by atoms with Crippen LogP contribution < -0.4 is 11.1 Å². The Morgan fingerprint density at radius 2 is 1.73 bits per heavy atom. The van der Waals surface area contributed by atoms with Crippen LogP contribution in [-0.2, 0) is 0 Å². The van der Waals surface area contributed by atoms with Gasteiger partial charge in [0.05, 0.1) is 11.4 Å². The SMILES string of the molecule is Cc1cnc2ccc(-c3c(-c4ccc(F)cc4)nc(N)c4nc(C(=O)NC5(C(F)(F)F)CC5)cn34)cn12. The fourth-order valence-corrected chi connectivity index (χ4v) is 4.39. The summed E-state index contributed by atoms with van der Waals surface area (Å²) in [7, 11) is 0. The van der Waals surface area contributed by atoms with E-state index in [-0.39, 0.29) is 30.0 Å². The highest BCUT2D eigenvalue weighted by Crippen LogP contribution is 2.49. The number of hydrogen-bond donors (Lipinski definition) is 2. The Labute approximate surface area is 206 Å². The topological polar surface area (TPSA) is 103 Å². The summed E-state index contributed by atoms with van der Waals surface area (Å²) in [6.07, 6.45) is -0.0816. The number of carbonyl (C=O) groups excluding carboxylic acids is 1. The highest BCUT2D eigenvalue weighted by Gasteiger charge is 2.64. The van der Waals surface area contributed by atoms with E-state index in [1.165, 1.54) is 34.9 Å². The van der Waals surface area contributed by atoms with E-state index in [9.17, 15) is 22.4 Å². The van der Waals surface area contributed by atoms with Gasteiger partial charge in [-0.2, -0.15) is 13.2 Å². The summed E-state index contributed by atoms with van der Waals surface area (Å²) in [5.74, 6) is -1.44. The highest BCUT2D eigenvalue weighted by atomic mass is 19.4. The molecule has 12 heteroatoms. The van der Waals surface area contributed by atoms with E-state index in [1.807, 2.05) is 17.5 Å². The maximum Gasteiger partial charge on any atom is 0.411 e. The number of nitrogens with two attached hydrogens (primary N) is 1. The number of fused-ring (bicyclic) bond motifs is 2. The van der Waals surface area contributed by atoms with Crippen molar-refractivity contribution in [3.63, 3.8) is 0 Å². The molecule has 0 atom stereocenters. The quantitative estimate of drug-likeness (QED) is 0.346. The van der Waals surface area contributed by atoms with Gasteiger partial charge >= 0.3 is 6.18 Å². The van der Waals surface area contributed by atoms with E-state index in [2.05, 4.69) is 20.3 Å². The number of pyridine rings is 1. The van der Waals surface area contributed by atoms with Crippen molar-refractivity contribution in [3.8, 4) is 22.5 Å². The van der Waals surface area contributed by atoms with Crippen LogP contribution in [0, 0.1) is 12.7 Å². The van der Waals surface area contributed by atoms with Gasteiger partial charge in [0, 0.05) is 35.4 Å². The maximum absolute atomic E-state index is 13.7. The summed E-state index contributed by atoms with van der Waals surface area (Å²) in [5.41, 5.74) is 7.42. The van der Waals surface area contributed by atoms with Crippen LogP contribution >= 0.6 is 0 Å². The number of hydrogen-bond acceptors (Lipinski definition) is 5. The molecule has 0 radical (unpaired) electrons. The van der Waals surface area contributed by atoms with Crippen molar-refractivity contribution in [1.82, 2.24) is 29.1 Å². The minimum absolute atomic E-state index is 0.0426. The fraction of sp³-hybridized carbons (Fsp3) is 0.200. The van der Waals surface area contributed by atoms with Crippen molar-refractivity contribution in [2.24, 2.45) is 0 Å². The Morgan fingerprint density at radius 3 is 2.41 bits per heavy atom. The molecule has 37 heavy (non-hydrogen) atoms. The Morgan fingerprint density at radius 1 is 1.03 bits per heavy atom. The van der Waals surface area contributed by atoms with E-state index < -0.39 is 23.4 Å². The van der Waals surface area contributed by atoms with Crippen molar-refractivity contribution in [2.75, 3.05) is 5.73 Å². The number of rotatable bonds is 4. The number of nitrogens with one attached hydrogen (secondary N) is 1. The number of imidazole rings is 2. The summed E-state index contributed by atoms with van der Waals surface area (Å²) in [6, 6.07) is 9.23. The predicted molar refractivity (Wildman–Crippen MR) is 127 cm³/mol. The smallest absolute Gasteiger partial charge is 0.381 e. The zero-order valence-corrected chi connectivity index (χ0v) is 19.3. The number of halogens is 4. The predicted octanol–water partition coefficient (Wildman–Crippen LogP) is 4.57. The summed E-state index contributed by atoms with van der Waals surface area (Å²) in [6.45, 7) is 1.88. The first kappa shape index (κ1) is 23.0. The number of nitrogens with zero attached hydrogens (tertiary/aromatic N) is 5. The lowest BCUT2D eigenvalue weighted by atomic mass is 10.0. The van der Waals surface area contributed by atoms with Crippen LogP contribution in [0.15, 0.2) is 55.0 Å². The monoisotopic (exact) mass is 509 g/mol. The van der Waals surface area contributed by atoms with Gasteiger partial charge in [-0.25, -0.2) is 19.3 Å². The number of aromatic nitrogens is 5. The van der Waals surface area contributed by atoms with Crippen LogP contribution in [0.2, 0.25) is 0 Å². The third-order valence-electron chi connectivity index (χ3n) is 6.59. The first-order valence-corrected chi connectivity index (χ1v) is 11.3. The van der Waals surface area contributed by atoms with Crippen molar-refractivity contribution in [2.45, 2.75) is 31.5 Å². The second-order valence-corrected chi connectivity index (χ2v) is 9.10. The molecule has 1 amide bonds. The normalized spacial score (nSPS) is 14.8. The van der Waals surface area contributed by atoms with Gasteiger partial charge in [-0.15, -0.1) is 0 Å². The summed E-state index contributed by atoms with van der Waals surface area (Å²) >= 11 is 0. The standard InChI is InChI=1S/C25H19F4N7O/c1-13-10-31-18-7-4-15(11-35(13)18)20-19(14-2-5-16(26)6-3-14)33-21(30)22-32-17(12-36(20)22)23(37)34-24(8-9-24)25(27,28)29/h2-7,10-12H,8-9H2,1H3,(H2,30,33)(H,34,37). The minimum atomic E-state index is -4.57. The molecule has 5 aromatic rings. The molecular weight excluding hydrogens is 490 g/mol. The second kappa shape index (κ2) is 7.76. The molecule has 0 spiro atoms. The molecule has 1 aliphatic rings. The molecular formula is C25H19F4N7O. The second-order valence-electron chi connectivity index (χ2n) is 9.10. The molecule has 0 unspecified atom stereocenters. The Bertz CT molecular complexity index is 1700. The Balaban J connectivity index is 1.56. The van der Waals surface area contributed by atoms with Crippen molar-refractivity contribution in [1.29, 1.82) is 0 Å². The van der Waals surface area contributed by atoms with Crippen LogP contribution in [0.1, 0.15) is 29.0 Å². The summed E-state index contributed by atoms with van der Waals surface area (Å²) in [4.78, 5) is 25.9. The number of amides is 1. The van der Waals surface area contributed by atoms with E-state index in [0.717, 1.165) is 5.69 Å². The minimum Gasteiger partial charge on any atom is -0.381 e. The fourth-order valence-electron chi connectivity index (χ4n) is 4.39. The lowest BCUT2D eigenvalue weighted by molar-refractivity contribution is -0.163. The molecule has 4 heterocycles. The molecule has 3 N–H and O–H groups in total. The molecule has 1 fully saturated rings. The molecule has 188 valence electrons. The maximum atomic E-state index is 13.7. The summed E-state index contributed by atoms with van der Waals surface area (Å²) < 4.78 is 57.3. The van der Waals surface area contributed by atoms with Gasteiger partial charge in [0.1, 0.15) is 22.7 Å². The molecule has 0 aliphatic heterocycles. The zero-order chi connectivity index (χ0) is 26.1. The van der Waals surface area contributed by atoms with Gasteiger partial charge in [0.2, 0.25) is 0 Å². The first-order chi connectivity index (χ1) is 17.6. The molecule has 0 saturated heterocycles. The van der Waals surface area contributed by atoms with Gasteiger partial charge in [-0.05, 0) is 56.2 Å². The van der Waals surface area contributed by atoms with Crippen molar-refractivity contribution >= 4 is 23.0 Å². The Kier molecular flexibility index (Phi) is 4.81. The number of carbonyl (C=O) groups is 1.